The highest BCUT2D eigenvalue weighted by molar-refractivity contribution is 5.71. The van der Waals surface area contributed by atoms with Crippen LogP contribution >= 0.6 is 0 Å². The fourth-order valence-corrected chi connectivity index (χ4v) is 3.92. The van der Waals surface area contributed by atoms with E-state index in [1.54, 1.807) is 0 Å². The average Bonchev–Trinajstić information content (AvgIpc) is 2.69. The largest absolute Gasteiger partial charge is 0.486 e. The third kappa shape index (κ3) is 4.45. The van der Waals surface area contributed by atoms with Crippen LogP contribution in [0.1, 0.15) is 42.9 Å². The maximum atomic E-state index is 11.0. The van der Waals surface area contributed by atoms with Crippen molar-refractivity contribution in [2.75, 3.05) is 19.7 Å². The number of nitrogens with two attached hydrogens (primary N) is 1. The van der Waals surface area contributed by atoms with Gasteiger partial charge in [0.2, 0.25) is 0 Å². The Bertz CT molecular complexity index is 734. The number of primary amides is 1. The number of benzene rings is 1. The first-order chi connectivity index (χ1) is 13.2. The van der Waals surface area contributed by atoms with Crippen LogP contribution in [-0.4, -0.2) is 36.7 Å². The van der Waals surface area contributed by atoms with Crippen molar-refractivity contribution >= 4 is 6.03 Å². The van der Waals surface area contributed by atoms with Crippen LogP contribution in [0.25, 0.3) is 0 Å². The third-order valence-electron chi connectivity index (χ3n) is 5.42. The number of carbonyl (C=O) groups is 1. The highest BCUT2D eigenvalue weighted by Crippen LogP contribution is 2.33. The number of piperidine rings is 1. The number of likely N-dealkylation sites (tertiary alicyclic amines) is 1. The van der Waals surface area contributed by atoms with Crippen LogP contribution < -0.4 is 11.1 Å². The SMILES string of the molecule is NC(=O)NC1CCN(Cc2ccc(C3COC4=CCCC=C4O3)cc2)CC1. The predicted octanol–water partition coefficient (Wildman–Crippen LogP) is 2.97. The minimum absolute atomic E-state index is 0.0452. The molecule has 144 valence electrons. The van der Waals surface area contributed by atoms with Gasteiger partial charge in [-0.3, -0.25) is 4.90 Å². The van der Waals surface area contributed by atoms with Gasteiger partial charge in [-0.15, -0.1) is 0 Å². The summed E-state index contributed by atoms with van der Waals surface area (Å²) < 4.78 is 12.0. The molecule has 2 fully saturated rings. The Balaban J connectivity index is 1.30. The van der Waals surface area contributed by atoms with Crippen molar-refractivity contribution in [3.05, 3.63) is 59.1 Å². The van der Waals surface area contributed by atoms with Crippen molar-refractivity contribution in [1.82, 2.24) is 10.2 Å². The number of carbonyl (C=O) groups excluding carboxylic acids is 1. The number of rotatable bonds is 4. The average molecular weight is 369 g/mol. The van der Waals surface area contributed by atoms with Crippen LogP contribution in [0, 0.1) is 0 Å². The molecule has 6 nitrogen and oxygen atoms in total. The molecular formula is C21H27N3O3. The molecule has 2 amide bonds. The summed E-state index contributed by atoms with van der Waals surface area (Å²) in [7, 11) is 0. The molecule has 2 saturated heterocycles. The van der Waals surface area contributed by atoms with Gasteiger partial charge in [0.05, 0.1) is 0 Å². The Hall–Kier alpha value is -2.47. The quantitative estimate of drug-likeness (QED) is 0.855. The van der Waals surface area contributed by atoms with E-state index in [1.165, 1.54) is 5.56 Å². The Morgan fingerprint density at radius 1 is 1.11 bits per heavy atom. The van der Waals surface area contributed by atoms with E-state index in [1.807, 2.05) is 0 Å². The second kappa shape index (κ2) is 8.05. The third-order valence-corrected chi connectivity index (χ3v) is 5.42. The zero-order chi connectivity index (χ0) is 18.6. The van der Waals surface area contributed by atoms with E-state index < -0.39 is 6.03 Å². The van der Waals surface area contributed by atoms with Crippen molar-refractivity contribution in [3.8, 4) is 0 Å². The number of nitrogens with zero attached hydrogens (tertiary/aromatic N) is 1. The van der Waals surface area contributed by atoms with Gasteiger partial charge in [0.15, 0.2) is 17.6 Å². The van der Waals surface area contributed by atoms with Crippen molar-refractivity contribution in [1.29, 1.82) is 0 Å². The maximum absolute atomic E-state index is 11.0. The molecule has 0 aromatic heterocycles. The molecule has 1 atom stereocenters. The molecule has 4 rings (SSSR count). The molecular weight excluding hydrogens is 342 g/mol. The van der Waals surface area contributed by atoms with Gasteiger partial charge in [0.1, 0.15) is 6.61 Å². The van der Waals surface area contributed by atoms with Crippen LogP contribution in [-0.2, 0) is 16.0 Å². The lowest BCUT2D eigenvalue weighted by Gasteiger charge is -2.32. The summed E-state index contributed by atoms with van der Waals surface area (Å²) in [5.41, 5.74) is 7.64. The zero-order valence-electron chi connectivity index (χ0n) is 15.5. The molecule has 1 aliphatic carbocycles. The first-order valence-corrected chi connectivity index (χ1v) is 9.74. The van der Waals surface area contributed by atoms with Crippen LogP contribution in [0.4, 0.5) is 4.79 Å². The van der Waals surface area contributed by atoms with E-state index in [9.17, 15) is 4.79 Å². The molecule has 0 bridgehead atoms. The molecule has 6 heteroatoms. The number of hydrogen-bond donors (Lipinski definition) is 2. The lowest BCUT2D eigenvalue weighted by atomic mass is 10.0. The van der Waals surface area contributed by atoms with Gasteiger partial charge in [0.25, 0.3) is 0 Å². The van der Waals surface area contributed by atoms with E-state index in [2.05, 4.69) is 46.6 Å². The molecule has 1 aromatic carbocycles. The molecule has 0 radical (unpaired) electrons. The number of fused-ring (bicyclic) bond motifs is 1. The monoisotopic (exact) mass is 369 g/mol. The molecule has 1 unspecified atom stereocenters. The summed E-state index contributed by atoms with van der Waals surface area (Å²) in [6.45, 7) is 3.41. The molecule has 1 aromatic rings. The number of hydrogen-bond acceptors (Lipinski definition) is 4. The molecule has 3 aliphatic rings. The van der Waals surface area contributed by atoms with Crippen molar-refractivity contribution < 1.29 is 14.3 Å². The molecule has 2 heterocycles. The topological polar surface area (TPSA) is 76.8 Å². The second-order valence-electron chi connectivity index (χ2n) is 7.43. The summed E-state index contributed by atoms with van der Waals surface area (Å²) >= 11 is 0. The highest BCUT2D eigenvalue weighted by Gasteiger charge is 2.26. The van der Waals surface area contributed by atoms with E-state index in [0.29, 0.717) is 6.61 Å². The first kappa shape index (κ1) is 17.9. The summed E-state index contributed by atoms with van der Waals surface area (Å²) in [4.78, 5) is 13.4. The zero-order valence-corrected chi connectivity index (χ0v) is 15.5. The fraction of sp³-hybridized carbons (Fsp3) is 0.476. The smallest absolute Gasteiger partial charge is 0.312 e. The van der Waals surface area contributed by atoms with Gasteiger partial charge < -0.3 is 20.5 Å². The van der Waals surface area contributed by atoms with Gasteiger partial charge in [-0.25, -0.2) is 4.79 Å². The normalized spacial score (nSPS) is 23.3. The van der Waals surface area contributed by atoms with Gasteiger partial charge in [-0.1, -0.05) is 24.3 Å². The Morgan fingerprint density at radius 2 is 1.81 bits per heavy atom. The van der Waals surface area contributed by atoms with Crippen molar-refractivity contribution in [2.24, 2.45) is 5.73 Å². The number of nitrogens with one attached hydrogen (secondary N) is 1. The molecule has 0 spiro atoms. The Morgan fingerprint density at radius 3 is 2.52 bits per heavy atom. The first-order valence-electron chi connectivity index (χ1n) is 9.74. The number of urea groups is 1. The van der Waals surface area contributed by atoms with Gasteiger partial charge in [-0.05, 0) is 49.0 Å². The van der Waals surface area contributed by atoms with Gasteiger partial charge in [-0.2, -0.15) is 0 Å². The lowest BCUT2D eigenvalue weighted by Crippen LogP contribution is -2.46. The number of amides is 2. The predicted molar refractivity (Wildman–Crippen MR) is 103 cm³/mol. The Kier molecular flexibility index (Phi) is 5.34. The van der Waals surface area contributed by atoms with Crippen molar-refractivity contribution in [2.45, 2.75) is 44.4 Å². The Labute approximate surface area is 160 Å². The van der Waals surface area contributed by atoms with E-state index in [4.69, 9.17) is 15.2 Å². The van der Waals surface area contributed by atoms with Crippen molar-refractivity contribution in [3.63, 3.8) is 0 Å². The van der Waals surface area contributed by atoms with E-state index >= 15 is 0 Å². The van der Waals surface area contributed by atoms with E-state index in [0.717, 1.165) is 62.4 Å². The van der Waals surface area contributed by atoms with Crippen LogP contribution in [0.5, 0.6) is 0 Å². The standard InChI is InChI=1S/C21H27N3O3/c22-21(25)23-17-9-11-24(12-10-17)13-15-5-7-16(8-6-15)20-14-26-18-3-1-2-4-19(18)27-20/h3-8,17,20H,1-2,9-14H2,(H3,22,23,25). The minimum atomic E-state index is -0.426. The highest BCUT2D eigenvalue weighted by atomic mass is 16.6. The maximum Gasteiger partial charge on any atom is 0.312 e. The van der Waals surface area contributed by atoms with Crippen LogP contribution in [0.15, 0.2) is 47.9 Å². The van der Waals surface area contributed by atoms with Crippen LogP contribution in [0.2, 0.25) is 0 Å². The number of allylic oxidation sites excluding steroid dienone is 2. The van der Waals surface area contributed by atoms with Gasteiger partial charge >= 0.3 is 6.03 Å². The fourth-order valence-electron chi connectivity index (χ4n) is 3.92. The second-order valence-corrected chi connectivity index (χ2v) is 7.43. The molecule has 27 heavy (non-hydrogen) atoms. The summed E-state index contributed by atoms with van der Waals surface area (Å²) in [6, 6.07) is 8.41. The molecule has 2 aliphatic heterocycles. The summed E-state index contributed by atoms with van der Waals surface area (Å²) in [6.07, 6.45) is 8.11. The molecule has 3 N–H and O–H groups in total. The van der Waals surface area contributed by atoms with Gasteiger partial charge in [0, 0.05) is 25.7 Å². The number of ether oxygens (including phenoxy) is 2. The summed E-state index contributed by atoms with van der Waals surface area (Å²) in [5, 5.41) is 2.81. The minimum Gasteiger partial charge on any atom is -0.486 e. The van der Waals surface area contributed by atoms with Crippen LogP contribution in [0.3, 0.4) is 0 Å². The lowest BCUT2D eigenvalue weighted by molar-refractivity contribution is -0.0103. The summed E-state index contributed by atoms with van der Waals surface area (Å²) in [5.74, 6) is 1.78. The molecule has 0 saturated carbocycles. The van der Waals surface area contributed by atoms with E-state index in [-0.39, 0.29) is 12.1 Å².